The summed E-state index contributed by atoms with van der Waals surface area (Å²) in [7, 11) is 0. The largest absolute Gasteiger partial charge is 0.390 e. The Balaban J connectivity index is 2.03. The molecule has 0 radical (unpaired) electrons. The van der Waals surface area contributed by atoms with Gasteiger partial charge in [-0.3, -0.25) is 14.4 Å². The first-order valence-corrected chi connectivity index (χ1v) is 9.05. The predicted molar refractivity (Wildman–Crippen MR) is 90.8 cm³/mol. The second-order valence-electron chi connectivity index (χ2n) is 6.07. The van der Waals surface area contributed by atoms with Gasteiger partial charge in [-0.05, 0) is 31.9 Å². The molecule has 0 N–H and O–H groups in total. The van der Waals surface area contributed by atoms with Gasteiger partial charge in [0.2, 0.25) is 0 Å². The van der Waals surface area contributed by atoms with Crippen LogP contribution in [0.2, 0.25) is 0 Å². The molecule has 0 amide bonds. The average Bonchev–Trinajstić information content (AvgIpc) is 3.26. The fraction of sp³-hybridized carbons (Fsp3) is 0.625. The summed E-state index contributed by atoms with van der Waals surface area (Å²) in [6, 6.07) is 0. The molecule has 0 heterocycles. The summed E-state index contributed by atoms with van der Waals surface area (Å²) in [5, 5.41) is 3.86. The Morgan fingerprint density at radius 1 is 1.39 bits per heavy atom. The minimum atomic E-state index is -1.23. The lowest BCUT2D eigenvalue weighted by Gasteiger charge is -2.30. The molecule has 0 bridgehead atoms. The lowest BCUT2D eigenvalue weighted by atomic mass is 9.75. The Kier molecular flexibility index (Phi) is 5.68. The molecular weight excluding hydrogens is 338 g/mol. The number of rotatable bonds is 7. The van der Waals surface area contributed by atoms with E-state index in [1.54, 1.807) is 11.8 Å². The van der Waals surface area contributed by atoms with Gasteiger partial charge in [-0.2, -0.15) is 11.8 Å². The van der Waals surface area contributed by atoms with Crippen molar-refractivity contribution >= 4 is 46.4 Å². The standard InChI is InChI=1S/C16H20ClNO4S/c1-9(17)8-22-18-10(2)15(21)14-12(19)6-11(7-13(14)20)16(23-3)4-5-16/h11,14H,1,4-8H2,2-3H3/b18-10+. The highest BCUT2D eigenvalue weighted by Crippen LogP contribution is 2.56. The highest BCUT2D eigenvalue weighted by atomic mass is 35.5. The molecule has 0 unspecified atom stereocenters. The van der Waals surface area contributed by atoms with E-state index in [1.165, 1.54) is 6.92 Å². The van der Waals surface area contributed by atoms with Gasteiger partial charge in [-0.1, -0.05) is 23.3 Å². The van der Waals surface area contributed by atoms with Crippen molar-refractivity contribution in [2.24, 2.45) is 17.0 Å². The van der Waals surface area contributed by atoms with Crippen LogP contribution in [0, 0.1) is 11.8 Å². The number of carbonyl (C=O) groups excluding carboxylic acids is 3. The van der Waals surface area contributed by atoms with Gasteiger partial charge >= 0.3 is 0 Å². The van der Waals surface area contributed by atoms with Crippen LogP contribution in [0.1, 0.15) is 32.6 Å². The average molecular weight is 358 g/mol. The van der Waals surface area contributed by atoms with Gasteiger partial charge in [-0.15, -0.1) is 0 Å². The highest BCUT2D eigenvalue weighted by Gasteiger charge is 2.54. The van der Waals surface area contributed by atoms with Gasteiger partial charge in [0, 0.05) is 17.6 Å². The highest BCUT2D eigenvalue weighted by molar-refractivity contribution is 8.00. The Bertz CT molecular complexity index is 565. The van der Waals surface area contributed by atoms with Crippen LogP contribution in [0.25, 0.3) is 0 Å². The Morgan fingerprint density at radius 2 is 1.96 bits per heavy atom. The third kappa shape index (κ3) is 4.04. The quantitative estimate of drug-likeness (QED) is 0.398. The van der Waals surface area contributed by atoms with Crippen molar-refractivity contribution in [3.63, 3.8) is 0 Å². The SMILES string of the molecule is C=C(Cl)CO/N=C(\C)C(=O)C1C(=O)CC(C2(SC)CC2)CC1=O. The third-order valence-corrected chi connectivity index (χ3v) is 6.14. The number of Topliss-reactive ketones (excluding diaryl/α,β-unsaturated/α-hetero) is 3. The van der Waals surface area contributed by atoms with E-state index in [4.69, 9.17) is 16.4 Å². The summed E-state index contributed by atoms with van der Waals surface area (Å²) >= 11 is 7.26. The van der Waals surface area contributed by atoms with E-state index in [-0.39, 0.29) is 52.4 Å². The van der Waals surface area contributed by atoms with Gasteiger partial charge in [0.05, 0.1) is 5.03 Å². The number of hydrogen-bond acceptors (Lipinski definition) is 6. The number of carbonyl (C=O) groups is 3. The number of halogens is 1. The van der Waals surface area contributed by atoms with Gasteiger partial charge in [-0.25, -0.2) is 0 Å². The van der Waals surface area contributed by atoms with E-state index in [0.29, 0.717) is 0 Å². The van der Waals surface area contributed by atoms with Crippen LogP contribution in [0.3, 0.4) is 0 Å². The zero-order chi connectivity index (χ0) is 17.2. The second-order valence-corrected chi connectivity index (χ2v) is 7.83. The van der Waals surface area contributed by atoms with Crippen LogP contribution in [0.5, 0.6) is 0 Å². The smallest absolute Gasteiger partial charge is 0.198 e. The van der Waals surface area contributed by atoms with Crippen molar-refractivity contribution in [2.45, 2.75) is 37.4 Å². The summed E-state index contributed by atoms with van der Waals surface area (Å²) in [6.45, 7) is 4.83. The first kappa shape index (κ1) is 18.2. The van der Waals surface area contributed by atoms with Gasteiger partial charge in [0.15, 0.2) is 24.0 Å². The van der Waals surface area contributed by atoms with Gasteiger partial charge in [0.1, 0.15) is 11.6 Å². The maximum Gasteiger partial charge on any atom is 0.198 e. The molecule has 0 aromatic heterocycles. The molecule has 0 saturated heterocycles. The van der Waals surface area contributed by atoms with Crippen LogP contribution in [0.15, 0.2) is 16.8 Å². The predicted octanol–water partition coefficient (Wildman–Crippen LogP) is 2.76. The summed E-state index contributed by atoms with van der Waals surface area (Å²) in [6.07, 6.45) is 4.66. The molecule has 0 atom stereocenters. The summed E-state index contributed by atoms with van der Waals surface area (Å²) in [5.74, 6) is -2.35. The first-order valence-electron chi connectivity index (χ1n) is 7.45. The zero-order valence-corrected chi connectivity index (χ0v) is 14.8. The monoisotopic (exact) mass is 357 g/mol. The van der Waals surface area contributed by atoms with Crippen LogP contribution < -0.4 is 0 Å². The number of oxime groups is 1. The molecule has 2 aliphatic carbocycles. The molecule has 2 fully saturated rings. The molecule has 7 heteroatoms. The fourth-order valence-electron chi connectivity index (χ4n) is 2.99. The summed E-state index contributed by atoms with van der Waals surface area (Å²) in [5.41, 5.74) is -0.000863. The van der Waals surface area contributed by atoms with Gasteiger partial charge in [0.25, 0.3) is 0 Å². The Morgan fingerprint density at radius 3 is 2.39 bits per heavy atom. The fourth-order valence-corrected chi connectivity index (χ4v) is 4.05. The lowest BCUT2D eigenvalue weighted by molar-refractivity contribution is -0.141. The van der Waals surface area contributed by atoms with Crippen LogP contribution >= 0.6 is 23.4 Å². The van der Waals surface area contributed by atoms with Crippen molar-refractivity contribution in [1.29, 1.82) is 0 Å². The van der Waals surface area contributed by atoms with Crippen molar-refractivity contribution < 1.29 is 19.2 Å². The zero-order valence-electron chi connectivity index (χ0n) is 13.3. The van der Waals surface area contributed by atoms with Crippen LogP contribution in [-0.4, -0.2) is 40.7 Å². The van der Waals surface area contributed by atoms with E-state index in [2.05, 4.69) is 11.7 Å². The Hall–Kier alpha value is -1.14. The minimum Gasteiger partial charge on any atom is -0.390 e. The molecule has 126 valence electrons. The van der Waals surface area contributed by atoms with E-state index in [9.17, 15) is 14.4 Å². The van der Waals surface area contributed by atoms with Crippen molar-refractivity contribution in [3.8, 4) is 0 Å². The molecule has 0 aromatic rings. The van der Waals surface area contributed by atoms with E-state index in [1.807, 2.05) is 6.26 Å². The van der Waals surface area contributed by atoms with Crippen molar-refractivity contribution in [3.05, 3.63) is 11.6 Å². The molecule has 0 aliphatic heterocycles. The van der Waals surface area contributed by atoms with Crippen molar-refractivity contribution in [2.75, 3.05) is 12.9 Å². The lowest BCUT2D eigenvalue weighted by Crippen LogP contribution is -2.43. The maximum atomic E-state index is 12.4. The molecule has 2 aliphatic rings. The number of nitrogens with zero attached hydrogens (tertiary/aromatic N) is 1. The topological polar surface area (TPSA) is 72.8 Å². The number of ketones is 3. The summed E-state index contributed by atoms with van der Waals surface area (Å²) < 4.78 is 0.0618. The third-order valence-electron chi connectivity index (χ3n) is 4.47. The van der Waals surface area contributed by atoms with E-state index < -0.39 is 11.7 Å². The van der Waals surface area contributed by atoms with Gasteiger partial charge < -0.3 is 4.84 Å². The van der Waals surface area contributed by atoms with Crippen molar-refractivity contribution in [1.82, 2.24) is 0 Å². The first-order chi connectivity index (χ1) is 10.8. The molecule has 5 nitrogen and oxygen atoms in total. The number of hydrogen-bond donors (Lipinski definition) is 0. The summed E-state index contributed by atoms with van der Waals surface area (Å²) in [4.78, 5) is 41.9. The maximum absolute atomic E-state index is 12.4. The second kappa shape index (κ2) is 7.18. The molecule has 0 spiro atoms. The van der Waals surface area contributed by atoms with Crippen LogP contribution in [0.4, 0.5) is 0 Å². The normalized spacial score (nSPS) is 26.8. The molecule has 0 aromatic carbocycles. The number of thioether (sulfide) groups is 1. The van der Waals surface area contributed by atoms with Crippen LogP contribution in [-0.2, 0) is 19.2 Å². The minimum absolute atomic E-state index is 0.000863. The van der Waals surface area contributed by atoms with E-state index >= 15 is 0 Å². The molecule has 2 rings (SSSR count). The van der Waals surface area contributed by atoms with E-state index in [0.717, 1.165) is 12.8 Å². The molecule has 23 heavy (non-hydrogen) atoms. The Labute approximate surface area is 144 Å². The molecule has 2 saturated carbocycles. The molecular formula is C16H20ClNO4S.